The van der Waals surface area contributed by atoms with Crippen molar-refractivity contribution < 1.29 is 14.7 Å². The average Bonchev–Trinajstić information content (AvgIpc) is 2.82. The molecule has 1 amide bonds. The Hall–Kier alpha value is -1.78. The number of nitrogens with zero attached hydrogens (tertiary/aromatic N) is 2. The summed E-state index contributed by atoms with van der Waals surface area (Å²) < 4.78 is 2.24. The molecule has 1 aromatic heterocycles. The van der Waals surface area contributed by atoms with Crippen molar-refractivity contribution in [2.75, 3.05) is 6.54 Å². The van der Waals surface area contributed by atoms with E-state index in [1.165, 1.54) is 5.69 Å². The number of aryl methyl sites for hydroxylation is 1. The molecule has 5 heteroatoms. The lowest BCUT2D eigenvalue weighted by molar-refractivity contribution is -0.141. The van der Waals surface area contributed by atoms with Gasteiger partial charge in [0.1, 0.15) is 0 Å². The maximum atomic E-state index is 11.9. The number of rotatable bonds is 4. The van der Waals surface area contributed by atoms with Crippen molar-refractivity contribution >= 4 is 11.9 Å². The first-order valence-electron chi connectivity index (χ1n) is 6.99. The van der Waals surface area contributed by atoms with Crippen LogP contribution in [0.3, 0.4) is 0 Å². The van der Waals surface area contributed by atoms with Crippen molar-refractivity contribution in [2.45, 2.75) is 46.7 Å². The van der Waals surface area contributed by atoms with Crippen LogP contribution in [-0.4, -0.2) is 33.0 Å². The van der Waals surface area contributed by atoms with Crippen molar-refractivity contribution in [3.05, 3.63) is 23.0 Å². The minimum absolute atomic E-state index is 0.0632. The Morgan fingerprint density at radius 3 is 2.55 bits per heavy atom. The number of hydrogen-bond donors (Lipinski definition) is 1. The summed E-state index contributed by atoms with van der Waals surface area (Å²) in [6, 6.07) is 2.47. The molecule has 1 saturated heterocycles. The van der Waals surface area contributed by atoms with Gasteiger partial charge in [-0.3, -0.25) is 9.59 Å². The fourth-order valence-electron chi connectivity index (χ4n) is 3.10. The van der Waals surface area contributed by atoms with E-state index in [-0.39, 0.29) is 12.3 Å². The Morgan fingerprint density at radius 1 is 1.45 bits per heavy atom. The Bertz CT molecular complexity index is 546. The van der Waals surface area contributed by atoms with E-state index < -0.39 is 11.9 Å². The molecule has 1 N–H and O–H groups in total. The average molecular weight is 278 g/mol. The number of hydrogen-bond acceptors (Lipinski definition) is 2. The highest BCUT2D eigenvalue weighted by Gasteiger charge is 2.34. The quantitative estimate of drug-likeness (QED) is 0.917. The zero-order valence-corrected chi connectivity index (χ0v) is 12.5. The van der Waals surface area contributed by atoms with Gasteiger partial charge in [0.15, 0.2) is 0 Å². The molecule has 1 unspecified atom stereocenters. The van der Waals surface area contributed by atoms with Crippen LogP contribution in [0.25, 0.3) is 0 Å². The fourth-order valence-corrected chi connectivity index (χ4v) is 3.10. The van der Waals surface area contributed by atoms with E-state index in [2.05, 4.69) is 38.3 Å². The third-order valence-corrected chi connectivity index (χ3v) is 4.03. The van der Waals surface area contributed by atoms with Gasteiger partial charge in [-0.25, -0.2) is 0 Å². The number of carbonyl (C=O) groups is 2. The zero-order chi connectivity index (χ0) is 15.0. The zero-order valence-electron chi connectivity index (χ0n) is 12.5. The SMILES string of the molecule is Cc1cc(CN2CC(C(=O)O)CC2=O)c(C)n1C(C)C. The van der Waals surface area contributed by atoms with Gasteiger partial charge in [0.25, 0.3) is 0 Å². The summed E-state index contributed by atoms with van der Waals surface area (Å²) in [4.78, 5) is 24.5. The number of carbonyl (C=O) groups excluding carboxylic acids is 1. The van der Waals surface area contributed by atoms with Gasteiger partial charge in [-0.05, 0) is 39.3 Å². The smallest absolute Gasteiger partial charge is 0.308 e. The number of carboxylic acid groups (broad SMARTS) is 1. The van der Waals surface area contributed by atoms with E-state index in [9.17, 15) is 9.59 Å². The molecule has 1 aromatic rings. The van der Waals surface area contributed by atoms with Crippen LogP contribution in [0.2, 0.25) is 0 Å². The first-order chi connectivity index (χ1) is 9.31. The van der Waals surface area contributed by atoms with Gasteiger partial charge >= 0.3 is 5.97 Å². The van der Waals surface area contributed by atoms with Crippen molar-refractivity contribution in [3.8, 4) is 0 Å². The predicted octanol–water partition coefficient (Wildman–Crippen LogP) is 2.12. The topological polar surface area (TPSA) is 62.5 Å². The molecular formula is C15H22N2O3. The molecular weight excluding hydrogens is 256 g/mol. The highest BCUT2D eigenvalue weighted by Crippen LogP contribution is 2.25. The molecule has 2 heterocycles. The second kappa shape index (κ2) is 5.31. The fraction of sp³-hybridized carbons (Fsp3) is 0.600. The monoisotopic (exact) mass is 278 g/mol. The summed E-state index contributed by atoms with van der Waals surface area (Å²) >= 11 is 0. The molecule has 0 spiro atoms. The van der Waals surface area contributed by atoms with Gasteiger partial charge in [-0.2, -0.15) is 0 Å². The van der Waals surface area contributed by atoms with E-state index in [0.29, 0.717) is 19.1 Å². The van der Waals surface area contributed by atoms with Crippen LogP contribution in [0.5, 0.6) is 0 Å². The van der Waals surface area contributed by atoms with Crippen LogP contribution < -0.4 is 0 Å². The van der Waals surface area contributed by atoms with E-state index in [0.717, 1.165) is 11.3 Å². The number of amides is 1. The molecule has 110 valence electrons. The largest absolute Gasteiger partial charge is 0.481 e. The molecule has 0 bridgehead atoms. The maximum absolute atomic E-state index is 11.9. The van der Waals surface area contributed by atoms with Gasteiger partial charge in [0.2, 0.25) is 5.91 Å². The van der Waals surface area contributed by atoms with E-state index in [1.807, 2.05) is 0 Å². The molecule has 1 atom stereocenters. The minimum atomic E-state index is -0.881. The van der Waals surface area contributed by atoms with Crippen LogP contribution in [0.4, 0.5) is 0 Å². The molecule has 0 radical (unpaired) electrons. The first-order valence-corrected chi connectivity index (χ1v) is 6.99. The molecule has 20 heavy (non-hydrogen) atoms. The summed E-state index contributed by atoms with van der Waals surface area (Å²) in [5.41, 5.74) is 3.44. The third kappa shape index (κ3) is 2.57. The highest BCUT2D eigenvalue weighted by molar-refractivity contribution is 5.86. The molecule has 5 nitrogen and oxygen atoms in total. The predicted molar refractivity (Wildman–Crippen MR) is 75.5 cm³/mol. The number of likely N-dealkylation sites (tertiary alicyclic amines) is 1. The number of aromatic nitrogens is 1. The Balaban J connectivity index is 2.17. The highest BCUT2D eigenvalue weighted by atomic mass is 16.4. The van der Waals surface area contributed by atoms with Gasteiger partial charge < -0.3 is 14.6 Å². The summed E-state index contributed by atoms with van der Waals surface area (Å²) in [7, 11) is 0. The van der Waals surface area contributed by atoms with Gasteiger partial charge in [-0.15, -0.1) is 0 Å². The van der Waals surface area contributed by atoms with Gasteiger partial charge in [0.05, 0.1) is 5.92 Å². The van der Waals surface area contributed by atoms with Crippen molar-refractivity contribution in [2.24, 2.45) is 5.92 Å². The Labute approximate surface area is 119 Å². The standard InChI is InChI=1S/C15H22N2O3/c1-9(2)17-10(3)5-12(11(17)4)7-16-8-13(15(19)20)6-14(16)18/h5,9,13H,6-8H2,1-4H3,(H,19,20). The molecule has 0 saturated carbocycles. The van der Waals surface area contributed by atoms with Crippen molar-refractivity contribution in [3.63, 3.8) is 0 Å². The van der Waals surface area contributed by atoms with Gasteiger partial charge in [-0.1, -0.05) is 0 Å². The normalized spacial score (nSPS) is 19.1. The Morgan fingerprint density at radius 2 is 2.10 bits per heavy atom. The molecule has 1 aliphatic heterocycles. The first kappa shape index (κ1) is 14.6. The van der Waals surface area contributed by atoms with Crippen LogP contribution in [0.15, 0.2) is 6.07 Å². The summed E-state index contributed by atoms with van der Waals surface area (Å²) in [5.74, 6) is -1.50. The van der Waals surface area contributed by atoms with Crippen LogP contribution in [0, 0.1) is 19.8 Å². The lowest BCUT2D eigenvalue weighted by atomic mass is 10.1. The van der Waals surface area contributed by atoms with Crippen molar-refractivity contribution in [1.82, 2.24) is 9.47 Å². The van der Waals surface area contributed by atoms with Crippen LogP contribution in [-0.2, 0) is 16.1 Å². The van der Waals surface area contributed by atoms with Crippen LogP contribution >= 0.6 is 0 Å². The number of carboxylic acids is 1. The van der Waals surface area contributed by atoms with E-state index in [1.54, 1.807) is 4.90 Å². The lowest BCUT2D eigenvalue weighted by Gasteiger charge is -2.17. The molecule has 2 rings (SSSR count). The van der Waals surface area contributed by atoms with Crippen LogP contribution in [0.1, 0.15) is 43.3 Å². The maximum Gasteiger partial charge on any atom is 0.308 e. The third-order valence-electron chi connectivity index (χ3n) is 4.03. The second-order valence-corrected chi connectivity index (χ2v) is 5.87. The Kier molecular flexibility index (Phi) is 3.88. The summed E-state index contributed by atoms with van der Waals surface area (Å²) in [6.45, 7) is 9.20. The van der Waals surface area contributed by atoms with Gasteiger partial charge in [0, 0.05) is 36.9 Å². The second-order valence-electron chi connectivity index (χ2n) is 5.87. The molecule has 0 aliphatic carbocycles. The molecule has 1 fully saturated rings. The summed E-state index contributed by atoms with van der Waals surface area (Å²) in [6.07, 6.45) is 0.123. The minimum Gasteiger partial charge on any atom is -0.481 e. The molecule has 0 aromatic carbocycles. The molecule has 1 aliphatic rings. The number of aliphatic carboxylic acids is 1. The summed E-state index contributed by atoms with van der Waals surface area (Å²) in [5, 5.41) is 9.01. The van der Waals surface area contributed by atoms with E-state index in [4.69, 9.17) is 5.11 Å². The lowest BCUT2D eigenvalue weighted by Crippen LogP contribution is -2.26. The van der Waals surface area contributed by atoms with E-state index >= 15 is 0 Å². The van der Waals surface area contributed by atoms with Crippen molar-refractivity contribution in [1.29, 1.82) is 0 Å².